The first-order valence-corrected chi connectivity index (χ1v) is 5.02. The van der Waals surface area contributed by atoms with E-state index in [0.29, 0.717) is 0 Å². The predicted molar refractivity (Wildman–Crippen MR) is 49.8 cm³/mol. The van der Waals surface area contributed by atoms with E-state index in [1.807, 2.05) is 0 Å². The average molecular weight is 230 g/mol. The van der Waals surface area contributed by atoms with E-state index in [1.54, 1.807) is 6.92 Å². The second kappa shape index (κ2) is 6.13. The largest absolute Gasteiger partial charge is 0.441 e. The Balaban J connectivity index is 3.41. The van der Waals surface area contributed by atoms with Crippen molar-refractivity contribution in [3.8, 4) is 0 Å². The molecule has 0 aromatic heterocycles. The smallest absolute Gasteiger partial charge is 0.370 e. The summed E-state index contributed by atoms with van der Waals surface area (Å²) in [5.74, 6) is -0.527. The number of hydrogen-bond donors (Lipinski definition) is 2. The molecule has 0 aromatic carbocycles. The van der Waals surface area contributed by atoms with E-state index in [9.17, 15) is 18.0 Å². The first-order valence-electron chi connectivity index (χ1n) is 4.03. The molecule has 14 heavy (non-hydrogen) atoms. The van der Waals surface area contributed by atoms with E-state index in [2.05, 4.69) is 5.32 Å². The van der Waals surface area contributed by atoms with Gasteiger partial charge in [-0.2, -0.15) is 13.2 Å². The highest BCUT2D eigenvalue weighted by molar-refractivity contribution is 8.00. The summed E-state index contributed by atoms with van der Waals surface area (Å²) in [6, 6.07) is -0.179. The number of alkyl halides is 3. The fourth-order valence-corrected chi connectivity index (χ4v) is 1.30. The van der Waals surface area contributed by atoms with Crippen LogP contribution in [-0.4, -0.2) is 29.8 Å². The number of nitrogens with two attached hydrogens (primary N) is 1. The Hall–Kier alpha value is -0.430. The van der Waals surface area contributed by atoms with Crippen molar-refractivity contribution in [3.05, 3.63) is 0 Å². The molecule has 0 saturated heterocycles. The summed E-state index contributed by atoms with van der Waals surface area (Å²) < 4.78 is 35.0. The molecule has 3 nitrogen and oxygen atoms in total. The van der Waals surface area contributed by atoms with Gasteiger partial charge in [0.2, 0.25) is 5.91 Å². The molecule has 0 aliphatic carbocycles. The monoisotopic (exact) mass is 230 g/mol. The van der Waals surface area contributed by atoms with Crippen LogP contribution in [0.2, 0.25) is 0 Å². The van der Waals surface area contributed by atoms with Gasteiger partial charge in [-0.3, -0.25) is 4.79 Å². The Morgan fingerprint density at radius 2 is 2.14 bits per heavy atom. The molecular weight excluding hydrogens is 217 g/mol. The quantitative estimate of drug-likeness (QED) is 0.672. The van der Waals surface area contributed by atoms with Gasteiger partial charge in [0.15, 0.2) is 0 Å². The molecule has 0 rings (SSSR count). The maximum absolute atomic E-state index is 11.7. The van der Waals surface area contributed by atoms with Crippen LogP contribution in [0.15, 0.2) is 0 Å². The standard InChI is InChI=1S/C7H13F3N2OS/c1-5(4-6(11)13)12-2-3-14-7(8,9)10/h5,12H,2-4H2,1H3,(H2,11,13). The Kier molecular flexibility index (Phi) is 5.94. The molecule has 7 heteroatoms. The number of hydrogen-bond acceptors (Lipinski definition) is 3. The van der Waals surface area contributed by atoms with Gasteiger partial charge in [-0.1, -0.05) is 0 Å². The van der Waals surface area contributed by atoms with Gasteiger partial charge in [0.05, 0.1) is 0 Å². The molecule has 0 heterocycles. The topological polar surface area (TPSA) is 55.1 Å². The highest BCUT2D eigenvalue weighted by atomic mass is 32.2. The van der Waals surface area contributed by atoms with Crippen molar-refractivity contribution in [2.45, 2.75) is 24.9 Å². The average Bonchev–Trinajstić information content (AvgIpc) is 1.95. The van der Waals surface area contributed by atoms with Gasteiger partial charge >= 0.3 is 5.51 Å². The van der Waals surface area contributed by atoms with E-state index in [0.717, 1.165) is 0 Å². The zero-order valence-corrected chi connectivity index (χ0v) is 8.54. The molecule has 84 valence electrons. The zero-order valence-electron chi connectivity index (χ0n) is 7.73. The van der Waals surface area contributed by atoms with Crippen molar-refractivity contribution < 1.29 is 18.0 Å². The van der Waals surface area contributed by atoms with E-state index in [-0.39, 0.29) is 36.5 Å². The minimum Gasteiger partial charge on any atom is -0.370 e. The van der Waals surface area contributed by atoms with Crippen LogP contribution >= 0.6 is 11.8 Å². The summed E-state index contributed by atoms with van der Waals surface area (Å²) in [5, 5.41) is 2.76. The van der Waals surface area contributed by atoms with Gasteiger partial charge < -0.3 is 11.1 Å². The minimum absolute atomic E-state index is 0.0629. The summed E-state index contributed by atoms with van der Waals surface area (Å²) in [5.41, 5.74) is 0.717. The van der Waals surface area contributed by atoms with Crippen LogP contribution in [0, 0.1) is 0 Å². The lowest BCUT2D eigenvalue weighted by molar-refractivity contribution is -0.118. The van der Waals surface area contributed by atoms with E-state index < -0.39 is 11.4 Å². The lowest BCUT2D eigenvalue weighted by Gasteiger charge is -2.11. The van der Waals surface area contributed by atoms with E-state index in [4.69, 9.17) is 5.73 Å². The SMILES string of the molecule is CC(CC(N)=O)NCCSC(F)(F)F. The van der Waals surface area contributed by atoms with E-state index in [1.165, 1.54) is 0 Å². The molecule has 1 unspecified atom stereocenters. The second-order valence-corrected chi connectivity index (χ2v) is 3.98. The molecule has 0 fully saturated rings. The Labute approximate surface area is 84.6 Å². The van der Waals surface area contributed by atoms with Gasteiger partial charge in [-0.15, -0.1) is 0 Å². The molecule has 1 amide bonds. The van der Waals surface area contributed by atoms with Crippen LogP contribution in [0.5, 0.6) is 0 Å². The first-order chi connectivity index (χ1) is 6.31. The molecule has 0 radical (unpaired) electrons. The van der Waals surface area contributed by atoms with Crippen LogP contribution in [0.4, 0.5) is 13.2 Å². The molecule has 0 spiro atoms. The van der Waals surface area contributed by atoms with Crippen molar-refractivity contribution in [3.63, 3.8) is 0 Å². The lowest BCUT2D eigenvalue weighted by atomic mass is 10.2. The van der Waals surface area contributed by atoms with Crippen LogP contribution in [-0.2, 0) is 4.79 Å². The predicted octanol–water partition coefficient (Wildman–Crippen LogP) is 1.09. The van der Waals surface area contributed by atoms with Crippen molar-refractivity contribution >= 4 is 17.7 Å². The Bertz CT molecular complexity index is 186. The Morgan fingerprint density at radius 1 is 1.57 bits per heavy atom. The number of thioether (sulfide) groups is 1. The molecule has 0 aliphatic rings. The molecular formula is C7H13F3N2OS. The van der Waals surface area contributed by atoms with Crippen molar-refractivity contribution in [1.29, 1.82) is 0 Å². The molecule has 0 saturated carbocycles. The van der Waals surface area contributed by atoms with E-state index >= 15 is 0 Å². The third kappa shape index (κ3) is 9.66. The highest BCUT2D eigenvalue weighted by Crippen LogP contribution is 2.29. The molecule has 0 aromatic rings. The number of primary amides is 1. The number of carbonyl (C=O) groups excluding carboxylic acids is 1. The second-order valence-electron chi connectivity index (χ2n) is 2.82. The van der Waals surface area contributed by atoms with Crippen molar-refractivity contribution in [2.24, 2.45) is 5.73 Å². The summed E-state index contributed by atoms with van der Waals surface area (Å²) in [6.07, 6.45) is 0.136. The summed E-state index contributed by atoms with van der Waals surface area (Å²) in [4.78, 5) is 10.4. The number of halogens is 3. The van der Waals surface area contributed by atoms with Gasteiger partial charge in [-0.25, -0.2) is 0 Å². The molecule has 3 N–H and O–H groups in total. The summed E-state index contributed by atoms with van der Waals surface area (Å²) in [6.45, 7) is 1.90. The van der Waals surface area contributed by atoms with Gasteiger partial charge in [0, 0.05) is 24.8 Å². The molecule has 0 bridgehead atoms. The highest BCUT2D eigenvalue weighted by Gasteiger charge is 2.27. The maximum atomic E-state index is 11.7. The third-order valence-electron chi connectivity index (χ3n) is 1.37. The number of nitrogens with one attached hydrogen (secondary N) is 1. The number of amides is 1. The maximum Gasteiger partial charge on any atom is 0.441 e. The number of carbonyl (C=O) groups is 1. The zero-order chi connectivity index (χ0) is 11.2. The normalized spacial score (nSPS) is 14.0. The fraction of sp³-hybridized carbons (Fsp3) is 0.857. The Morgan fingerprint density at radius 3 is 2.57 bits per heavy atom. The van der Waals surface area contributed by atoms with Gasteiger partial charge in [-0.05, 0) is 18.7 Å². The van der Waals surface area contributed by atoms with Crippen LogP contribution < -0.4 is 11.1 Å². The van der Waals surface area contributed by atoms with Crippen molar-refractivity contribution in [1.82, 2.24) is 5.32 Å². The fourth-order valence-electron chi connectivity index (χ4n) is 0.846. The lowest BCUT2D eigenvalue weighted by Crippen LogP contribution is -2.32. The van der Waals surface area contributed by atoms with Crippen LogP contribution in [0.25, 0.3) is 0 Å². The first kappa shape index (κ1) is 13.6. The van der Waals surface area contributed by atoms with Crippen LogP contribution in [0.3, 0.4) is 0 Å². The number of rotatable bonds is 6. The molecule has 1 atom stereocenters. The van der Waals surface area contributed by atoms with Crippen LogP contribution in [0.1, 0.15) is 13.3 Å². The summed E-state index contributed by atoms with van der Waals surface area (Å²) >= 11 is -0.0842. The van der Waals surface area contributed by atoms with Crippen molar-refractivity contribution in [2.75, 3.05) is 12.3 Å². The third-order valence-corrected chi connectivity index (χ3v) is 2.10. The minimum atomic E-state index is -4.19. The molecule has 0 aliphatic heterocycles. The van der Waals surface area contributed by atoms with Gasteiger partial charge in [0.25, 0.3) is 0 Å². The summed E-state index contributed by atoms with van der Waals surface area (Å²) in [7, 11) is 0. The van der Waals surface area contributed by atoms with Gasteiger partial charge in [0.1, 0.15) is 0 Å².